The van der Waals surface area contributed by atoms with Crippen LogP contribution in [0, 0.1) is 0 Å². The Morgan fingerprint density at radius 3 is 2.28 bits per heavy atom. The molecule has 0 saturated heterocycles. The van der Waals surface area contributed by atoms with Crippen molar-refractivity contribution in [3.05, 3.63) is 59.1 Å². The number of carbonyl (C=O) groups is 2. The number of anilines is 2. The molecule has 2 aromatic rings. The molecule has 0 aliphatic carbocycles. The van der Waals surface area contributed by atoms with Gasteiger partial charge in [-0.05, 0) is 48.5 Å². The number of methoxy groups -OCH3 is 1. The minimum absolute atomic E-state index is 0.126. The van der Waals surface area contributed by atoms with Gasteiger partial charge in [0, 0.05) is 35.6 Å². The van der Waals surface area contributed by atoms with Gasteiger partial charge in [-0.3, -0.25) is 9.59 Å². The third kappa shape index (κ3) is 6.45. The molecule has 0 aromatic heterocycles. The van der Waals surface area contributed by atoms with Crippen molar-refractivity contribution in [3.8, 4) is 0 Å². The Labute approximate surface area is 151 Å². The van der Waals surface area contributed by atoms with Crippen LogP contribution in [0.5, 0.6) is 0 Å². The van der Waals surface area contributed by atoms with Crippen LogP contribution in [0.4, 0.5) is 11.4 Å². The van der Waals surface area contributed by atoms with Crippen molar-refractivity contribution >= 4 is 34.8 Å². The molecule has 0 aliphatic rings. The summed E-state index contributed by atoms with van der Waals surface area (Å²) in [5.74, 6) is -0.369. The maximum Gasteiger partial charge on any atom is 0.251 e. The lowest BCUT2D eigenvalue weighted by Crippen LogP contribution is -2.27. The number of halogens is 1. The van der Waals surface area contributed by atoms with E-state index in [1.165, 1.54) is 0 Å². The molecule has 0 radical (unpaired) electrons. The number of carbonyl (C=O) groups excluding carboxylic acids is 2. The number of hydrogen-bond acceptors (Lipinski definition) is 4. The monoisotopic (exact) mass is 361 g/mol. The third-order valence-corrected chi connectivity index (χ3v) is 3.57. The molecule has 0 bridgehead atoms. The van der Waals surface area contributed by atoms with Gasteiger partial charge in [0.15, 0.2) is 0 Å². The van der Waals surface area contributed by atoms with E-state index in [2.05, 4.69) is 16.0 Å². The molecular formula is C18H20ClN3O3. The van der Waals surface area contributed by atoms with Crippen LogP contribution >= 0.6 is 11.6 Å². The van der Waals surface area contributed by atoms with Crippen molar-refractivity contribution in [2.45, 2.75) is 0 Å². The van der Waals surface area contributed by atoms with E-state index in [9.17, 15) is 9.59 Å². The van der Waals surface area contributed by atoms with E-state index in [0.717, 1.165) is 5.69 Å². The lowest BCUT2D eigenvalue weighted by atomic mass is 10.2. The first-order chi connectivity index (χ1) is 12.1. The average Bonchev–Trinajstić information content (AvgIpc) is 2.62. The van der Waals surface area contributed by atoms with E-state index in [4.69, 9.17) is 16.3 Å². The van der Waals surface area contributed by atoms with Crippen LogP contribution in [-0.2, 0) is 9.53 Å². The molecule has 0 fully saturated rings. The van der Waals surface area contributed by atoms with Crippen LogP contribution in [0.2, 0.25) is 5.02 Å². The SMILES string of the molecule is COCCNC(=O)c1ccc(NC(=O)CNc2ccc(Cl)cc2)cc1. The Morgan fingerprint density at radius 2 is 1.64 bits per heavy atom. The van der Waals surface area contributed by atoms with Gasteiger partial charge in [-0.2, -0.15) is 0 Å². The molecule has 7 heteroatoms. The minimum Gasteiger partial charge on any atom is -0.383 e. The smallest absolute Gasteiger partial charge is 0.251 e. The first-order valence-electron chi connectivity index (χ1n) is 7.75. The molecular weight excluding hydrogens is 342 g/mol. The zero-order chi connectivity index (χ0) is 18.1. The van der Waals surface area contributed by atoms with Crippen molar-refractivity contribution in [3.63, 3.8) is 0 Å². The standard InChI is InChI=1S/C18H20ClN3O3/c1-25-11-10-20-18(24)13-2-6-16(7-3-13)22-17(23)12-21-15-8-4-14(19)5-9-15/h2-9,21H,10-12H2,1H3,(H,20,24)(H,22,23). The predicted octanol–water partition coefficient (Wildman–Crippen LogP) is 2.77. The van der Waals surface area contributed by atoms with Crippen LogP contribution in [0.25, 0.3) is 0 Å². The molecule has 0 heterocycles. The topological polar surface area (TPSA) is 79.5 Å². The number of hydrogen-bond donors (Lipinski definition) is 3. The second kappa shape index (κ2) is 9.66. The first-order valence-corrected chi connectivity index (χ1v) is 8.13. The highest BCUT2D eigenvalue weighted by Crippen LogP contribution is 2.13. The van der Waals surface area contributed by atoms with Crippen LogP contribution in [-0.4, -0.2) is 38.6 Å². The molecule has 25 heavy (non-hydrogen) atoms. The summed E-state index contributed by atoms with van der Waals surface area (Å²) >= 11 is 5.81. The molecule has 0 unspecified atom stereocenters. The second-order valence-corrected chi connectivity index (χ2v) is 5.67. The highest BCUT2D eigenvalue weighted by Gasteiger charge is 2.06. The van der Waals surface area contributed by atoms with Crippen LogP contribution in [0.3, 0.4) is 0 Å². The Balaban J connectivity index is 1.80. The van der Waals surface area contributed by atoms with Crippen molar-refractivity contribution in [1.29, 1.82) is 0 Å². The molecule has 3 N–H and O–H groups in total. The van der Waals surface area contributed by atoms with E-state index >= 15 is 0 Å². The zero-order valence-electron chi connectivity index (χ0n) is 13.8. The van der Waals surface area contributed by atoms with E-state index in [1.807, 2.05) is 0 Å². The summed E-state index contributed by atoms with van der Waals surface area (Å²) in [7, 11) is 1.57. The summed E-state index contributed by atoms with van der Waals surface area (Å²) in [5, 5.41) is 9.14. The number of ether oxygens (including phenoxy) is 1. The number of benzene rings is 2. The van der Waals surface area contributed by atoms with Gasteiger partial charge in [0.25, 0.3) is 5.91 Å². The molecule has 2 rings (SSSR count). The maximum atomic E-state index is 12.0. The van der Waals surface area contributed by atoms with Gasteiger partial charge >= 0.3 is 0 Å². The normalized spacial score (nSPS) is 10.2. The molecule has 0 atom stereocenters. The van der Waals surface area contributed by atoms with Gasteiger partial charge in [0.05, 0.1) is 13.2 Å². The summed E-state index contributed by atoms with van der Waals surface area (Å²) < 4.78 is 4.88. The highest BCUT2D eigenvalue weighted by atomic mass is 35.5. The molecule has 6 nitrogen and oxygen atoms in total. The van der Waals surface area contributed by atoms with Crippen LogP contribution in [0.15, 0.2) is 48.5 Å². The van der Waals surface area contributed by atoms with Gasteiger partial charge in [-0.1, -0.05) is 11.6 Å². The fourth-order valence-electron chi connectivity index (χ4n) is 2.03. The largest absolute Gasteiger partial charge is 0.383 e. The molecule has 2 amide bonds. The van der Waals surface area contributed by atoms with Gasteiger partial charge < -0.3 is 20.7 Å². The number of nitrogens with one attached hydrogen (secondary N) is 3. The minimum atomic E-state index is -0.188. The summed E-state index contributed by atoms with van der Waals surface area (Å²) in [6.07, 6.45) is 0. The highest BCUT2D eigenvalue weighted by molar-refractivity contribution is 6.30. The molecule has 2 aromatic carbocycles. The van der Waals surface area contributed by atoms with Crippen LogP contribution < -0.4 is 16.0 Å². The quantitative estimate of drug-likeness (QED) is 0.632. The summed E-state index contributed by atoms with van der Waals surface area (Å²) in [6, 6.07) is 13.8. The number of amides is 2. The van der Waals surface area contributed by atoms with Crippen LogP contribution in [0.1, 0.15) is 10.4 Å². The maximum absolute atomic E-state index is 12.0. The zero-order valence-corrected chi connectivity index (χ0v) is 14.6. The van der Waals surface area contributed by atoms with Crippen molar-refractivity contribution in [1.82, 2.24) is 5.32 Å². The summed E-state index contributed by atoms with van der Waals surface area (Å²) in [5.41, 5.74) is 1.95. The van der Waals surface area contributed by atoms with Crippen molar-refractivity contribution in [2.75, 3.05) is 37.4 Å². The first kappa shape index (κ1) is 18.8. The molecule has 0 spiro atoms. The van der Waals surface area contributed by atoms with Gasteiger partial charge in [0.2, 0.25) is 5.91 Å². The summed E-state index contributed by atoms with van der Waals surface area (Å²) in [4.78, 5) is 23.8. The fraction of sp³-hybridized carbons (Fsp3) is 0.222. The van der Waals surface area contributed by atoms with Crippen molar-refractivity contribution < 1.29 is 14.3 Å². The summed E-state index contributed by atoms with van der Waals surface area (Å²) in [6.45, 7) is 1.03. The Kier molecular flexibility index (Phi) is 7.25. The number of rotatable bonds is 8. The van der Waals surface area contributed by atoms with E-state index in [-0.39, 0.29) is 18.4 Å². The van der Waals surface area contributed by atoms with E-state index in [1.54, 1.807) is 55.6 Å². The Bertz CT molecular complexity index is 703. The van der Waals surface area contributed by atoms with Gasteiger partial charge in [-0.15, -0.1) is 0 Å². The fourth-order valence-corrected chi connectivity index (χ4v) is 2.15. The van der Waals surface area contributed by atoms with E-state index < -0.39 is 0 Å². The average molecular weight is 362 g/mol. The van der Waals surface area contributed by atoms with Gasteiger partial charge in [0.1, 0.15) is 0 Å². The molecule has 0 aliphatic heterocycles. The second-order valence-electron chi connectivity index (χ2n) is 5.23. The predicted molar refractivity (Wildman–Crippen MR) is 99.2 cm³/mol. The van der Waals surface area contributed by atoms with Crippen molar-refractivity contribution in [2.24, 2.45) is 0 Å². The molecule has 0 saturated carbocycles. The lowest BCUT2D eigenvalue weighted by molar-refractivity contribution is -0.114. The Hall–Kier alpha value is -2.57. The third-order valence-electron chi connectivity index (χ3n) is 3.32. The van der Waals surface area contributed by atoms with E-state index in [0.29, 0.717) is 29.4 Å². The molecule has 132 valence electrons. The lowest BCUT2D eigenvalue weighted by Gasteiger charge is -2.09. The van der Waals surface area contributed by atoms with Gasteiger partial charge in [-0.25, -0.2) is 0 Å². The Morgan fingerprint density at radius 1 is 1.00 bits per heavy atom.